The van der Waals surface area contributed by atoms with Gasteiger partial charge in [0, 0.05) is 11.9 Å². The van der Waals surface area contributed by atoms with Gasteiger partial charge in [-0.3, -0.25) is 4.79 Å². The SMILES string of the molecule is [2H]C1([2H])C[C@@]2(C)[C@H]([C@H](O)[C@H](O)[C@@H]3[C@@H]2CC[C@]2(C)[C@@H]([C@H](C)CCC(=O)O)CC[C@@H]32)C([2H])([2H])[C@]1([2H])O. The van der Waals surface area contributed by atoms with Gasteiger partial charge in [-0.05, 0) is 97.6 Å². The number of carbonyl (C=O) groups is 1. The van der Waals surface area contributed by atoms with Crippen molar-refractivity contribution in [3.05, 3.63) is 0 Å². The summed E-state index contributed by atoms with van der Waals surface area (Å²) in [5, 5.41) is 42.4. The van der Waals surface area contributed by atoms with Gasteiger partial charge in [0.2, 0.25) is 0 Å². The second kappa shape index (κ2) is 7.49. The molecule has 4 N–H and O–H groups in total. The molecule has 0 heterocycles. The molecule has 4 saturated carbocycles. The second-order valence-electron chi connectivity index (χ2n) is 10.7. The van der Waals surface area contributed by atoms with Gasteiger partial charge < -0.3 is 20.4 Å². The van der Waals surface area contributed by atoms with Gasteiger partial charge in [0.15, 0.2) is 0 Å². The molecule has 0 radical (unpaired) electrons. The highest BCUT2D eigenvalue weighted by Crippen LogP contribution is 2.68. The molecular formula is C24H40O5. The Kier molecular flexibility index (Phi) is 4.15. The number of fused-ring (bicyclic) bond motifs is 5. The Labute approximate surface area is 181 Å². The molecule has 0 aromatic heterocycles. The summed E-state index contributed by atoms with van der Waals surface area (Å²) in [7, 11) is 0. The quantitative estimate of drug-likeness (QED) is 0.566. The fourth-order valence-electron chi connectivity index (χ4n) is 7.98. The van der Waals surface area contributed by atoms with Gasteiger partial charge in [0.1, 0.15) is 0 Å². The number of aliphatic carboxylic acids is 1. The number of hydrogen-bond acceptors (Lipinski definition) is 4. The predicted molar refractivity (Wildman–Crippen MR) is 110 cm³/mol. The van der Waals surface area contributed by atoms with Crippen molar-refractivity contribution in [2.45, 2.75) is 96.8 Å². The predicted octanol–water partition coefficient (Wildman–Crippen LogP) is 3.45. The van der Waals surface area contributed by atoms with Crippen molar-refractivity contribution >= 4 is 5.97 Å². The van der Waals surface area contributed by atoms with E-state index in [0.717, 1.165) is 19.3 Å². The number of rotatable bonds is 4. The van der Waals surface area contributed by atoms with Crippen molar-refractivity contribution in [3.63, 3.8) is 0 Å². The number of hydrogen-bond donors (Lipinski definition) is 4. The molecule has 5 nitrogen and oxygen atoms in total. The maximum absolute atomic E-state index is 11.4. The molecule has 4 fully saturated rings. The number of carboxylic acid groups (broad SMARTS) is 1. The first-order valence-corrected chi connectivity index (χ1v) is 11.2. The molecular weight excluding hydrogens is 368 g/mol. The van der Waals surface area contributed by atoms with Crippen molar-refractivity contribution in [1.29, 1.82) is 0 Å². The van der Waals surface area contributed by atoms with Crippen LogP contribution in [0.3, 0.4) is 0 Å². The summed E-state index contributed by atoms with van der Waals surface area (Å²) in [4.78, 5) is 11.1. The van der Waals surface area contributed by atoms with E-state index in [0.29, 0.717) is 12.8 Å². The molecule has 11 atom stereocenters. The third-order valence-electron chi connectivity index (χ3n) is 9.48. The molecule has 0 bridgehead atoms. The minimum Gasteiger partial charge on any atom is -0.481 e. The molecule has 29 heavy (non-hydrogen) atoms. The lowest BCUT2D eigenvalue weighted by Gasteiger charge is -2.63. The highest BCUT2D eigenvalue weighted by atomic mass is 16.4. The van der Waals surface area contributed by atoms with Gasteiger partial charge in [-0.25, -0.2) is 0 Å². The molecule has 0 aliphatic heterocycles. The van der Waals surface area contributed by atoms with Gasteiger partial charge in [-0.15, -0.1) is 0 Å². The molecule has 0 amide bonds. The molecule has 0 unspecified atom stereocenters. The molecule has 4 rings (SSSR count). The average molecular weight is 414 g/mol. The Hall–Kier alpha value is -0.650. The topological polar surface area (TPSA) is 98.0 Å². The molecule has 0 saturated heterocycles. The standard InChI is InChI=1S/C24H40O5/c1-13(4-7-19(26)27)15-5-6-16-20-17(9-11-23(15,16)2)24(3)10-8-14(25)12-18(24)21(28)22(20)29/h13-18,20-22,25,28-29H,4-12H2,1-3H3,(H,26,27)/t13-,14-,15-,16+,17+,18+,20+,21+,22-,23-,24-/m1/s1/i8D2,12D2,14D. The fourth-order valence-corrected chi connectivity index (χ4v) is 7.98. The Morgan fingerprint density at radius 3 is 2.45 bits per heavy atom. The van der Waals surface area contributed by atoms with Gasteiger partial charge >= 0.3 is 5.97 Å². The number of aliphatic hydroxyl groups is 3. The van der Waals surface area contributed by atoms with E-state index < -0.39 is 48.3 Å². The second-order valence-corrected chi connectivity index (χ2v) is 10.7. The van der Waals surface area contributed by atoms with Gasteiger partial charge in [-0.2, -0.15) is 0 Å². The number of carboxylic acids is 1. The van der Waals surface area contributed by atoms with Crippen LogP contribution in [0, 0.1) is 46.3 Å². The van der Waals surface area contributed by atoms with Crippen molar-refractivity contribution in [2.75, 3.05) is 0 Å². The summed E-state index contributed by atoms with van der Waals surface area (Å²) in [5.41, 5.74) is -1.18. The summed E-state index contributed by atoms with van der Waals surface area (Å²) < 4.78 is 42.2. The van der Waals surface area contributed by atoms with E-state index in [1.165, 1.54) is 0 Å². The first kappa shape index (κ1) is 16.0. The van der Waals surface area contributed by atoms with Gasteiger partial charge in [0.25, 0.3) is 0 Å². The highest BCUT2D eigenvalue weighted by Gasteiger charge is 2.65. The summed E-state index contributed by atoms with van der Waals surface area (Å²) in [5.74, 6) is -2.12. The monoisotopic (exact) mass is 413 g/mol. The maximum Gasteiger partial charge on any atom is 0.303 e. The summed E-state index contributed by atoms with van der Waals surface area (Å²) in [6.07, 6.45) is -7.42. The Balaban J connectivity index is 1.70. The molecule has 5 heteroatoms. The van der Waals surface area contributed by atoms with Gasteiger partial charge in [-0.1, -0.05) is 20.8 Å². The van der Waals surface area contributed by atoms with Crippen LogP contribution in [-0.4, -0.2) is 44.7 Å². The van der Waals surface area contributed by atoms with E-state index in [1.807, 2.05) is 0 Å². The van der Waals surface area contributed by atoms with Crippen LogP contribution in [-0.2, 0) is 4.79 Å². The van der Waals surface area contributed by atoms with E-state index in [1.54, 1.807) is 6.92 Å². The zero-order valence-corrected chi connectivity index (χ0v) is 17.8. The minimum absolute atomic E-state index is 0.0551. The van der Waals surface area contributed by atoms with E-state index >= 15 is 0 Å². The van der Waals surface area contributed by atoms with E-state index in [9.17, 15) is 20.1 Å². The fraction of sp³-hybridized carbons (Fsp3) is 0.958. The summed E-state index contributed by atoms with van der Waals surface area (Å²) in [6, 6.07) is 0. The Bertz CT molecular complexity index is 837. The van der Waals surface area contributed by atoms with Gasteiger partial charge in [0.05, 0.1) is 19.7 Å². The first-order chi connectivity index (χ1) is 15.4. The van der Waals surface area contributed by atoms with Crippen LogP contribution in [0.15, 0.2) is 0 Å². The van der Waals surface area contributed by atoms with Crippen LogP contribution in [0.2, 0.25) is 0 Å². The zero-order valence-electron chi connectivity index (χ0n) is 22.8. The van der Waals surface area contributed by atoms with Crippen LogP contribution in [0.4, 0.5) is 0 Å². The van der Waals surface area contributed by atoms with Crippen LogP contribution in [0.5, 0.6) is 0 Å². The van der Waals surface area contributed by atoms with Crippen molar-refractivity contribution in [1.82, 2.24) is 0 Å². The lowest BCUT2D eigenvalue weighted by atomic mass is 9.43. The van der Waals surface area contributed by atoms with Crippen LogP contribution < -0.4 is 0 Å². The average Bonchev–Trinajstić information content (AvgIpc) is 3.05. The van der Waals surface area contributed by atoms with E-state index in [4.69, 9.17) is 12.0 Å². The summed E-state index contributed by atoms with van der Waals surface area (Å²) in [6.45, 7) is 6.08. The lowest BCUT2D eigenvalue weighted by Crippen LogP contribution is -2.64. The van der Waals surface area contributed by atoms with Crippen LogP contribution in [0.1, 0.15) is 85.3 Å². The Morgan fingerprint density at radius 2 is 1.76 bits per heavy atom. The first-order valence-electron chi connectivity index (χ1n) is 13.7. The Morgan fingerprint density at radius 1 is 1.07 bits per heavy atom. The number of aliphatic hydroxyl groups excluding tert-OH is 2. The molecule has 0 spiro atoms. The van der Waals surface area contributed by atoms with Crippen molar-refractivity contribution in [2.24, 2.45) is 46.3 Å². The third-order valence-corrected chi connectivity index (χ3v) is 9.48. The van der Waals surface area contributed by atoms with E-state index in [-0.39, 0.29) is 47.8 Å². The smallest absolute Gasteiger partial charge is 0.303 e. The largest absolute Gasteiger partial charge is 0.481 e. The van der Waals surface area contributed by atoms with Crippen molar-refractivity contribution in [3.8, 4) is 0 Å². The zero-order chi connectivity index (χ0) is 25.6. The molecule has 4 aliphatic carbocycles. The highest BCUT2D eigenvalue weighted by molar-refractivity contribution is 5.66. The maximum atomic E-state index is 11.4. The van der Waals surface area contributed by atoms with Crippen molar-refractivity contribution < 1.29 is 32.1 Å². The molecule has 166 valence electrons. The molecule has 0 aromatic carbocycles. The third kappa shape index (κ3) is 3.27. The summed E-state index contributed by atoms with van der Waals surface area (Å²) >= 11 is 0. The van der Waals surface area contributed by atoms with Crippen LogP contribution in [0.25, 0.3) is 0 Å². The van der Waals surface area contributed by atoms with Crippen LogP contribution >= 0.6 is 0 Å². The normalized spacial score (nSPS) is 61.4. The minimum atomic E-state index is -3.04. The molecule has 0 aromatic rings. The lowest BCUT2D eigenvalue weighted by molar-refractivity contribution is -0.223. The molecule has 4 aliphatic rings. The van der Waals surface area contributed by atoms with E-state index in [2.05, 4.69) is 13.8 Å².